The summed E-state index contributed by atoms with van der Waals surface area (Å²) in [6.45, 7) is 7.05. The highest BCUT2D eigenvalue weighted by Gasteiger charge is 2.33. The van der Waals surface area contributed by atoms with Crippen LogP contribution in [-0.4, -0.2) is 68.7 Å². The van der Waals surface area contributed by atoms with E-state index in [2.05, 4.69) is 16.0 Å². The molecule has 1 unspecified atom stereocenters. The van der Waals surface area contributed by atoms with Crippen molar-refractivity contribution in [3.05, 3.63) is 65.7 Å². The van der Waals surface area contributed by atoms with Crippen LogP contribution in [-0.2, 0) is 30.4 Å². The maximum atomic E-state index is 14.1. The molecule has 0 aromatic heterocycles. The minimum absolute atomic E-state index is 0.133. The number of nitrogens with zero attached hydrogens (tertiary/aromatic N) is 1. The van der Waals surface area contributed by atoms with Gasteiger partial charge in [-0.25, -0.2) is 4.79 Å². The van der Waals surface area contributed by atoms with Crippen LogP contribution in [0.25, 0.3) is 10.8 Å². The van der Waals surface area contributed by atoms with E-state index in [1.807, 2.05) is 36.4 Å². The summed E-state index contributed by atoms with van der Waals surface area (Å²) in [6, 6.07) is 14.6. The Morgan fingerprint density at radius 1 is 1.07 bits per heavy atom. The Kier molecular flexibility index (Phi) is 9.55. The molecule has 2 amide bonds. The van der Waals surface area contributed by atoms with Crippen molar-refractivity contribution in [1.82, 2.24) is 10.6 Å². The number of hydrogen-bond donors (Lipinski definition) is 3. The normalized spacial score (nSPS) is 15.5. The summed E-state index contributed by atoms with van der Waals surface area (Å²) >= 11 is 0. The molecule has 43 heavy (non-hydrogen) atoms. The van der Waals surface area contributed by atoms with Gasteiger partial charge in [0.15, 0.2) is 0 Å². The van der Waals surface area contributed by atoms with Gasteiger partial charge in [0.1, 0.15) is 17.4 Å². The lowest BCUT2D eigenvalue weighted by molar-refractivity contribution is -0.153. The Morgan fingerprint density at radius 2 is 1.81 bits per heavy atom. The molecule has 1 aliphatic rings. The number of rotatable bonds is 9. The van der Waals surface area contributed by atoms with Gasteiger partial charge in [-0.05, 0) is 68.8 Å². The highest BCUT2D eigenvalue weighted by Crippen LogP contribution is 2.35. The maximum absolute atomic E-state index is 14.1. The van der Waals surface area contributed by atoms with Crippen LogP contribution >= 0.6 is 0 Å². The zero-order valence-corrected chi connectivity index (χ0v) is 25.3. The van der Waals surface area contributed by atoms with Crippen LogP contribution in [0.2, 0.25) is 0 Å². The highest BCUT2D eigenvalue weighted by atomic mass is 16.6. The first-order valence-corrected chi connectivity index (χ1v) is 14.0. The summed E-state index contributed by atoms with van der Waals surface area (Å²) < 4.78 is 15.9. The number of ether oxygens (including phenoxy) is 3. The number of fused-ring (bicyclic) bond motifs is 2. The Bertz CT molecular complexity index is 1530. The Labute approximate surface area is 250 Å². The van der Waals surface area contributed by atoms with E-state index in [1.54, 1.807) is 57.9 Å². The molecule has 3 aromatic carbocycles. The number of hydrogen-bond acceptors (Lipinski definition) is 9. The van der Waals surface area contributed by atoms with E-state index in [9.17, 15) is 19.2 Å². The number of benzene rings is 3. The van der Waals surface area contributed by atoms with Gasteiger partial charge in [-0.1, -0.05) is 24.3 Å². The van der Waals surface area contributed by atoms with E-state index < -0.39 is 35.5 Å². The van der Waals surface area contributed by atoms with Crippen molar-refractivity contribution in [1.29, 1.82) is 0 Å². The molecule has 2 atom stereocenters. The smallest absolute Gasteiger partial charge is 0.337 e. The number of nitrogens with one attached hydrogen (secondary N) is 3. The lowest BCUT2D eigenvalue weighted by Crippen LogP contribution is -2.55. The Balaban J connectivity index is 1.61. The van der Waals surface area contributed by atoms with Crippen LogP contribution in [0.3, 0.4) is 0 Å². The van der Waals surface area contributed by atoms with E-state index in [1.165, 1.54) is 7.11 Å². The van der Waals surface area contributed by atoms with Gasteiger partial charge in [0.2, 0.25) is 5.91 Å². The number of para-hydroxylation sites is 2. The highest BCUT2D eigenvalue weighted by molar-refractivity contribution is 6.04. The molecule has 1 aliphatic heterocycles. The van der Waals surface area contributed by atoms with Crippen LogP contribution in [0.4, 0.5) is 11.4 Å². The second-order valence-electron chi connectivity index (χ2n) is 11.2. The lowest BCUT2D eigenvalue weighted by atomic mass is 10.00. The largest absolute Gasteiger partial charge is 0.496 e. The molecule has 0 saturated carbocycles. The van der Waals surface area contributed by atoms with Gasteiger partial charge < -0.3 is 29.7 Å². The van der Waals surface area contributed by atoms with Crippen molar-refractivity contribution in [3.8, 4) is 5.75 Å². The fourth-order valence-corrected chi connectivity index (χ4v) is 4.88. The molecule has 0 spiro atoms. The fourth-order valence-electron chi connectivity index (χ4n) is 4.88. The lowest BCUT2D eigenvalue weighted by Gasteiger charge is -2.27. The summed E-state index contributed by atoms with van der Waals surface area (Å²) in [4.78, 5) is 53.1. The topological polar surface area (TPSA) is 135 Å². The SMILES string of the molecule is COC(=O)c1ccc2c(CN3C(=O)[C@@H](NC(=O)C(C)NCC(=O)OC(C)(C)C)CNc4ccccc43)c(OC)ccc2c1. The predicted octanol–water partition coefficient (Wildman–Crippen LogP) is 3.40. The molecular weight excluding hydrogens is 552 g/mol. The molecule has 0 bridgehead atoms. The Morgan fingerprint density at radius 3 is 2.51 bits per heavy atom. The predicted molar refractivity (Wildman–Crippen MR) is 163 cm³/mol. The minimum atomic E-state index is -0.905. The molecule has 0 fully saturated rings. The standard InChI is InChI=1S/C32H38N4O7/c1-19(33-17-28(37)43-32(2,3)4)29(38)35-25-16-34-24-9-7-8-10-26(24)36(30(25)39)18-23-22-13-11-21(31(40)42-6)15-20(22)12-14-27(23)41-5/h7-15,19,25,33-34H,16-18H2,1-6H3,(H,35,38)/t19?,25-/m0/s1. The van der Waals surface area contributed by atoms with Crippen LogP contribution in [0.1, 0.15) is 43.6 Å². The first-order valence-electron chi connectivity index (χ1n) is 14.0. The van der Waals surface area contributed by atoms with Gasteiger partial charge in [0.05, 0.1) is 50.3 Å². The summed E-state index contributed by atoms with van der Waals surface area (Å²) in [5.74, 6) is -1.12. The van der Waals surface area contributed by atoms with E-state index >= 15 is 0 Å². The van der Waals surface area contributed by atoms with Gasteiger partial charge in [0, 0.05) is 12.1 Å². The van der Waals surface area contributed by atoms with Crippen LogP contribution in [0.5, 0.6) is 5.75 Å². The maximum Gasteiger partial charge on any atom is 0.337 e. The number of methoxy groups -OCH3 is 2. The summed E-state index contributed by atoms with van der Waals surface area (Å²) in [5.41, 5.74) is 1.88. The van der Waals surface area contributed by atoms with Crippen molar-refractivity contribution in [2.45, 2.75) is 51.9 Å². The average Bonchev–Trinajstić information content (AvgIpc) is 3.10. The van der Waals surface area contributed by atoms with Gasteiger partial charge in [0.25, 0.3) is 5.91 Å². The monoisotopic (exact) mass is 590 g/mol. The number of carbonyl (C=O) groups is 4. The van der Waals surface area contributed by atoms with Crippen molar-refractivity contribution in [3.63, 3.8) is 0 Å². The molecule has 228 valence electrons. The van der Waals surface area contributed by atoms with Crippen molar-refractivity contribution in [2.75, 3.05) is 37.5 Å². The first-order chi connectivity index (χ1) is 20.4. The molecule has 4 rings (SSSR count). The fraction of sp³-hybridized carbons (Fsp3) is 0.375. The summed E-state index contributed by atoms with van der Waals surface area (Å²) in [7, 11) is 2.89. The van der Waals surface area contributed by atoms with Gasteiger partial charge in [-0.2, -0.15) is 0 Å². The third-order valence-corrected chi connectivity index (χ3v) is 6.98. The molecule has 11 nitrogen and oxygen atoms in total. The second kappa shape index (κ2) is 13.1. The van der Waals surface area contributed by atoms with Crippen molar-refractivity contribution >= 4 is 45.9 Å². The molecule has 0 aliphatic carbocycles. The Hall–Kier alpha value is -4.64. The van der Waals surface area contributed by atoms with E-state index in [0.29, 0.717) is 17.0 Å². The number of carbonyl (C=O) groups excluding carboxylic acids is 4. The third-order valence-electron chi connectivity index (χ3n) is 6.98. The van der Waals surface area contributed by atoms with Gasteiger partial charge in [-0.3, -0.25) is 19.7 Å². The first kappa shape index (κ1) is 31.3. The second-order valence-corrected chi connectivity index (χ2v) is 11.2. The molecule has 0 radical (unpaired) electrons. The minimum Gasteiger partial charge on any atom is -0.496 e. The van der Waals surface area contributed by atoms with Crippen molar-refractivity contribution in [2.24, 2.45) is 0 Å². The number of amides is 2. The van der Waals surface area contributed by atoms with Crippen LogP contribution < -0.4 is 25.6 Å². The molecule has 3 aromatic rings. The van der Waals surface area contributed by atoms with E-state index in [4.69, 9.17) is 14.2 Å². The molecule has 3 N–H and O–H groups in total. The zero-order valence-electron chi connectivity index (χ0n) is 25.3. The molecule has 0 saturated heterocycles. The summed E-state index contributed by atoms with van der Waals surface area (Å²) in [5, 5.41) is 10.6. The van der Waals surface area contributed by atoms with Crippen molar-refractivity contribution < 1.29 is 33.4 Å². The van der Waals surface area contributed by atoms with Gasteiger partial charge >= 0.3 is 11.9 Å². The number of anilines is 2. The summed E-state index contributed by atoms with van der Waals surface area (Å²) in [6.07, 6.45) is 0. The van der Waals surface area contributed by atoms with Crippen LogP contribution in [0, 0.1) is 0 Å². The number of esters is 2. The third kappa shape index (κ3) is 7.42. The van der Waals surface area contributed by atoms with Crippen LogP contribution in [0.15, 0.2) is 54.6 Å². The van der Waals surface area contributed by atoms with Gasteiger partial charge in [-0.15, -0.1) is 0 Å². The zero-order chi connectivity index (χ0) is 31.3. The average molecular weight is 591 g/mol. The van der Waals surface area contributed by atoms with E-state index in [0.717, 1.165) is 22.0 Å². The molecular formula is C32H38N4O7. The molecule has 1 heterocycles. The quantitative estimate of drug-likeness (QED) is 0.321. The molecule has 11 heteroatoms. The van der Waals surface area contributed by atoms with E-state index in [-0.39, 0.29) is 25.5 Å².